The van der Waals surface area contributed by atoms with Crippen LogP contribution in [0.4, 0.5) is 5.82 Å². The Morgan fingerprint density at radius 1 is 1.86 bits per heavy atom. The van der Waals surface area contributed by atoms with Crippen molar-refractivity contribution in [2.24, 2.45) is 12.9 Å². The van der Waals surface area contributed by atoms with Crippen LogP contribution < -0.4 is 5.90 Å². The summed E-state index contributed by atoms with van der Waals surface area (Å²) in [6, 6.07) is 0. The standard InChI is InChI=1S/C6H8N4O4/c1-9-4(2-6(11)14-7)8-3-5(9)10(12)13/h3H,2,7H2,1H3. The lowest BCUT2D eigenvalue weighted by molar-refractivity contribution is -0.391. The zero-order valence-electron chi connectivity index (χ0n) is 7.34. The fourth-order valence-electron chi connectivity index (χ4n) is 0.942. The number of carbonyl (C=O) groups excluding carboxylic acids is 1. The average molecular weight is 200 g/mol. The van der Waals surface area contributed by atoms with Gasteiger partial charge in [0.2, 0.25) is 5.82 Å². The maximum Gasteiger partial charge on any atom is 0.342 e. The van der Waals surface area contributed by atoms with E-state index in [2.05, 4.69) is 15.7 Å². The van der Waals surface area contributed by atoms with Crippen LogP contribution in [0.15, 0.2) is 6.20 Å². The molecule has 0 radical (unpaired) electrons. The molecular formula is C6H8N4O4. The van der Waals surface area contributed by atoms with Gasteiger partial charge >= 0.3 is 11.8 Å². The summed E-state index contributed by atoms with van der Waals surface area (Å²) in [7, 11) is 1.43. The van der Waals surface area contributed by atoms with Crippen molar-refractivity contribution in [1.29, 1.82) is 0 Å². The van der Waals surface area contributed by atoms with Gasteiger partial charge in [-0.1, -0.05) is 0 Å². The maximum atomic E-state index is 10.7. The molecule has 2 N–H and O–H groups in total. The molecule has 0 amide bonds. The second kappa shape index (κ2) is 3.83. The third kappa shape index (κ3) is 1.85. The van der Waals surface area contributed by atoms with Crippen molar-refractivity contribution in [2.75, 3.05) is 0 Å². The van der Waals surface area contributed by atoms with E-state index in [0.29, 0.717) is 0 Å². The molecule has 0 aliphatic heterocycles. The number of nitrogens with zero attached hydrogens (tertiary/aromatic N) is 3. The zero-order chi connectivity index (χ0) is 10.7. The Labute approximate surface area is 78.4 Å². The summed E-state index contributed by atoms with van der Waals surface area (Å²) >= 11 is 0. The van der Waals surface area contributed by atoms with Crippen molar-refractivity contribution in [3.05, 3.63) is 22.1 Å². The molecule has 8 heteroatoms. The zero-order valence-corrected chi connectivity index (χ0v) is 7.34. The molecule has 1 rings (SSSR count). The van der Waals surface area contributed by atoms with E-state index in [-0.39, 0.29) is 18.1 Å². The molecule has 0 spiro atoms. The molecule has 0 unspecified atom stereocenters. The second-order valence-electron chi connectivity index (χ2n) is 2.52. The molecular weight excluding hydrogens is 192 g/mol. The van der Waals surface area contributed by atoms with E-state index in [0.717, 1.165) is 6.20 Å². The van der Waals surface area contributed by atoms with Crippen molar-refractivity contribution in [3.8, 4) is 0 Å². The van der Waals surface area contributed by atoms with Gasteiger partial charge in [0.25, 0.3) is 0 Å². The van der Waals surface area contributed by atoms with Crippen LogP contribution in [-0.4, -0.2) is 20.4 Å². The van der Waals surface area contributed by atoms with Crippen LogP contribution in [-0.2, 0) is 23.1 Å². The summed E-state index contributed by atoms with van der Waals surface area (Å²) in [6.45, 7) is 0. The van der Waals surface area contributed by atoms with Crippen molar-refractivity contribution in [1.82, 2.24) is 9.55 Å². The Bertz CT molecular complexity index is 372. The Balaban J connectivity index is 2.90. The average Bonchev–Trinajstić information content (AvgIpc) is 2.48. The van der Waals surface area contributed by atoms with Crippen LogP contribution in [0.25, 0.3) is 0 Å². The first kappa shape index (κ1) is 10.1. The predicted octanol–water partition coefficient (Wildman–Crippen LogP) is -0.712. The number of nitrogens with two attached hydrogens (primary N) is 1. The summed E-state index contributed by atoms with van der Waals surface area (Å²) in [4.78, 5) is 28.1. The Kier molecular flexibility index (Phi) is 2.77. The summed E-state index contributed by atoms with van der Waals surface area (Å²) < 4.78 is 1.19. The number of rotatable bonds is 3. The van der Waals surface area contributed by atoms with Gasteiger partial charge in [0.1, 0.15) is 12.6 Å². The first-order valence-corrected chi connectivity index (χ1v) is 3.60. The molecule has 1 aromatic rings. The van der Waals surface area contributed by atoms with Crippen LogP contribution in [0, 0.1) is 10.1 Å². The van der Waals surface area contributed by atoms with Gasteiger partial charge in [0, 0.05) is 0 Å². The van der Waals surface area contributed by atoms with E-state index < -0.39 is 10.9 Å². The number of nitro groups is 1. The molecule has 1 heterocycles. The van der Waals surface area contributed by atoms with Crippen molar-refractivity contribution in [3.63, 3.8) is 0 Å². The van der Waals surface area contributed by atoms with Crippen molar-refractivity contribution < 1.29 is 14.6 Å². The summed E-state index contributed by atoms with van der Waals surface area (Å²) in [6.07, 6.45) is 0.875. The molecule has 0 saturated carbocycles. The highest BCUT2D eigenvalue weighted by Gasteiger charge is 2.19. The smallest absolute Gasteiger partial charge is 0.342 e. The van der Waals surface area contributed by atoms with E-state index in [9.17, 15) is 14.9 Å². The van der Waals surface area contributed by atoms with E-state index >= 15 is 0 Å². The van der Waals surface area contributed by atoms with E-state index in [1.807, 2.05) is 0 Å². The monoisotopic (exact) mass is 200 g/mol. The van der Waals surface area contributed by atoms with Gasteiger partial charge in [-0.3, -0.25) is 0 Å². The number of carbonyl (C=O) groups is 1. The van der Waals surface area contributed by atoms with Crippen LogP contribution in [0.2, 0.25) is 0 Å². The Morgan fingerprint density at radius 2 is 2.50 bits per heavy atom. The Hall–Kier alpha value is -1.96. The van der Waals surface area contributed by atoms with E-state index in [1.54, 1.807) is 0 Å². The highest BCUT2D eigenvalue weighted by Crippen LogP contribution is 2.11. The quantitative estimate of drug-likeness (QED) is 0.509. The van der Waals surface area contributed by atoms with Crippen LogP contribution in [0.1, 0.15) is 5.82 Å². The summed E-state index contributed by atoms with van der Waals surface area (Å²) in [5.41, 5.74) is 0. The van der Waals surface area contributed by atoms with Gasteiger partial charge in [0.05, 0.1) is 7.05 Å². The molecule has 8 nitrogen and oxygen atoms in total. The molecule has 0 aliphatic rings. The SMILES string of the molecule is Cn1c([N+](=O)[O-])cnc1CC(=O)ON. The highest BCUT2D eigenvalue weighted by molar-refractivity contribution is 5.71. The van der Waals surface area contributed by atoms with Gasteiger partial charge in [-0.15, -0.1) is 0 Å². The molecule has 76 valence electrons. The van der Waals surface area contributed by atoms with Crippen LogP contribution in [0.5, 0.6) is 0 Å². The predicted molar refractivity (Wildman–Crippen MR) is 43.8 cm³/mol. The molecule has 0 bridgehead atoms. The normalized spacial score (nSPS) is 9.86. The lowest BCUT2D eigenvalue weighted by atomic mass is 10.4. The molecule has 0 aliphatic carbocycles. The van der Waals surface area contributed by atoms with Gasteiger partial charge in [-0.05, 0) is 4.92 Å². The minimum Gasteiger partial charge on any atom is -0.373 e. The molecule has 0 aromatic carbocycles. The van der Waals surface area contributed by atoms with Crippen LogP contribution >= 0.6 is 0 Å². The number of hydrogen-bond acceptors (Lipinski definition) is 6. The maximum absolute atomic E-state index is 10.7. The van der Waals surface area contributed by atoms with E-state index in [1.165, 1.54) is 11.6 Å². The van der Waals surface area contributed by atoms with Gasteiger partial charge in [0.15, 0.2) is 0 Å². The molecule has 14 heavy (non-hydrogen) atoms. The van der Waals surface area contributed by atoms with Gasteiger partial charge in [-0.25, -0.2) is 14.3 Å². The number of hydrogen-bond donors (Lipinski definition) is 1. The fraction of sp³-hybridized carbons (Fsp3) is 0.333. The third-order valence-electron chi connectivity index (χ3n) is 1.68. The molecule has 0 saturated heterocycles. The van der Waals surface area contributed by atoms with E-state index in [4.69, 9.17) is 0 Å². The first-order valence-electron chi connectivity index (χ1n) is 3.60. The topological polar surface area (TPSA) is 113 Å². The number of aromatic nitrogens is 2. The second-order valence-corrected chi connectivity index (χ2v) is 2.52. The highest BCUT2D eigenvalue weighted by atomic mass is 16.7. The summed E-state index contributed by atoms with van der Waals surface area (Å²) in [5, 5.41) is 10.4. The molecule has 0 atom stereocenters. The largest absolute Gasteiger partial charge is 0.373 e. The van der Waals surface area contributed by atoms with Gasteiger partial charge < -0.3 is 15.0 Å². The van der Waals surface area contributed by atoms with Crippen molar-refractivity contribution in [2.45, 2.75) is 6.42 Å². The Morgan fingerprint density at radius 3 is 2.93 bits per heavy atom. The first-order chi connectivity index (χ1) is 6.56. The molecule has 1 aromatic heterocycles. The molecule has 0 fully saturated rings. The van der Waals surface area contributed by atoms with Crippen molar-refractivity contribution >= 4 is 11.8 Å². The lowest BCUT2D eigenvalue weighted by Gasteiger charge is -1.96. The minimum absolute atomic E-state index is 0.190. The fourth-order valence-corrected chi connectivity index (χ4v) is 0.942. The number of imidazole rings is 1. The van der Waals surface area contributed by atoms with Crippen LogP contribution in [0.3, 0.4) is 0 Å². The minimum atomic E-state index is -0.700. The van der Waals surface area contributed by atoms with Gasteiger partial charge in [-0.2, -0.15) is 5.90 Å². The third-order valence-corrected chi connectivity index (χ3v) is 1.68. The summed E-state index contributed by atoms with van der Waals surface area (Å²) in [5.74, 6) is 3.95. The lowest BCUT2D eigenvalue weighted by Crippen LogP contribution is -2.15.